The number of carbonyl (C=O) groups excluding carboxylic acids is 1. The Bertz CT molecular complexity index is 737. The summed E-state index contributed by atoms with van der Waals surface area (Å²) < 4.78 is 1.10. The van der Waals surface area contributed by atoms with Crippen molar-refractivity contribution in [2.45, 2.75) is 50.7 Å². The first-order valence-electron chi connectivity index (χ1n) is 7.81. The summed E-state index contributed by atoms with van der Waals surface area (Å²) in [6, 6.07) is 0.279. The second-order valence-electron chi connectivity index (χ2n) is 6.24. The molecule has 1 aromatic heterocycles. The highest BCUT2D eigenvalue weighted by Crippen LogP contribution is 2.39. The lowest BCUT2D eigenvalue weighted by molar-refractivity contribution is -0.150. The van der Waals surface area contributed by atoms with E-state index in [0.29, 0.717) is 6.42 Å². The molecule has 2 fully saturated rings. The molecule has 1 aliphatic carbocycles. The first kappa shape index (κ1) is 15.5. The highest BCUT2D eigenvalue weighted by atomic mass is 16.4. The Morgan fingerprint density at radius 3 is 2.70 bits per heavy atom. The third-order valence-corrected chi connectivity index (χ3v) is 4.86. The van der Waals surface area contributed by atoms with Crippen LogP contribution >= 0.6 is 0 Å². The number of hydrogen-bond acceptors (Lipinski definition) is 4. The lowest BCUT2D eigenvalue weighted by atomic mass is 9.85. The van der Waals surface area contributed by atoms with Crippen LogP contribution in [-0.4, -0.2) is 43.5 Å². The van der Waals surface area contributed by atoms with Gasteiger partial charge in [0.15, 0.2) is 0 Å². The van der Waals surface area contributed by atoms with Gasteiger partial charge in [0, 0.05) is 18.3 Å². The third-order valence-electron chi connectivity index (χ3n) is 4.86. The van der Waals surface area contributed by atoms with Crippen molar-refractivity contribution in [3.63, 3.8) is 0 Å². The van der Waals surface area contributed by atoms with Crippen molar-refractivity contribution in [3.05, 3.63) is 33.1 Å². The average Bonchev–Trinajstić information content (AvgIpc) is 2.90. The van der Waals surface area contributed by atoms with E-state index in [1.807, 2.05) is 0 Å². The van der Waals surface area contributed by atoms with Gasteiger partial charge in [-0.3, -0.25) is 19.1 Å². The highest BCUT2D eigenvalue weighted by Gasteiger charge is 2.47. The molecule has 0 spiro atoms. The van der Waals surface area contributed by atoms with E-state index in [4.69, 9.17) is 0 Å². The molecule has 1 aliphatic heterocycles. The molecule has 8 heteroatoms. The fourth-order valence-corrected chi connectivity index (χ4v) is 3.84. The number of H-pyrrole nitrogens is 1. The van der Waals surface area contributed by atoms with Crippen molar-refractivity contribution in [3.8, 4) is 0 Å². The van der Waals surface area contributed by atoms with Crippen LogP contribution < -0.4 is 11.2 Å². The van der Waals surface area contributed by atoms with Gasteiger partial charge < -0.3 is 10.0 Å². The van der Waals surface area contributed by atoms with Gasteiger partial charge in [0.05, 0.1) is 0 Å². The van der Waals surface area contributed by atoms with Gasteiger partial charge in [-0.25, -0.2) is 9.59 Å². The maximum absolute atomic E-state index is 12.6. The summed E-state index contributed by atoms with van der Waals surface area (Å²) in [6.45, 7) is -0.261. The fraction of sp³-hybridized carbons (Fsp3) is 0.600. The molecular weight excluding hydrogens is 302 g/mol. The number of rotatable bonds is 3. The Kier molecular flexibility index (Phi) is 4.06. The molecule has 2 heterocycles. The molecule has 1 amide bonds. The van der Waals surface area contributed by atoms with Crippen LogP contribution in [0.5, 0.6) is 0 Å². The van der Waals surface area contributed by atoms with E-state index in [1.54, 1.807) is 0 Å². The standard InChI is InChI=1S/C15H19N3O5/c19-12-5-6-17(15(23)16-12)8-13(20)18-10-4-2-1-3-9(10)7-11(18)14(21)22/h5-6,9-11H,1-4,7-8H2,(H,21,22)(H,16,19,23)/t9-,10-,11+/m1/s1. The van der Waals surface area contributed by atoms with Crippen LogP contribution in [0.15, 0.2) is 21.9 Å². The monoisotopic (exact) mass is 321 g/mol. The van der Waals surface area contributed by atoms with Gasteiger partial charge in [-0.1, -0.05) is 12.8 Å². The Morgan fingerprint density at radius 1 is 1.26 bits per heavy atom. The van der Waals surface area contributed by atoms with Gasteiger partial charge in [-0.05, 0) is 25.2 Å². The van der Waals surface area contributed by atoms with Gasteiger partial charge in [0.25, 0.3) is 5.56 Å². The number of nitrogens with one attached hydrogen (secondary N) is 1. The predicted octanol–water partition coefficient (Wildman–Crippen LogP) is -0.219. The maximum atomic E-state index is 12.6. The largest absolute Gasteiger partial charge is 0.480 e. The molecule has 0 unspecified atom stereocenters. The predicted molar refractivity (Wildman–Crippen MR) is 80.0 cm³/mol. The minimum atomic E-state index is -0.999. The van der Waals surface area contributed by atoms with Crippen molar-refractivity contribution in [2.24, 2.45) is 5.92 Å². The van der Waals surface area contributed by atoms with Crippen molar-refractivity contribution in [2.75, 3.05) is 0 Å². The molecule has 1 saturated heterocycles. The van der Waals surface area contributed by atoms with E-state index in [9.17, 15) is 24.3 Å². The second kappa shape index (κ2) is 6.02. The number of aromatic amines is 1. The highest BCUT2D eigenvalue weighted by molar-refractivity contribution is 5.84. The Balaban J connectivity index is 1.84. The van der Waals surface area contributed by atoms with Gasteiger partial charge in [0.1, 0.15) is 12.6 Å². The zero-order chi connectivity index (χ0) is 16.6. The zero-order valence-electron chi connectivity index (χ0n) is 12.6. The van der Waals surface area contributed by atoms with Crippen LogP contribution in [0.2, 0.25) is 0 Å². The second-order valence-corrected chi connectivity index (χ2v) is 6.24. The van der Waals surface area contributed by atoms with Crippen LogP contribution in [0.3, 0.4) is 0 Å². The summed E-state index contributed by atoms with van der Waals surface area (Å²) in [6.07, 6.45) is 5.53. The number of fused-ring (bicyclic) bond motifs is 1. The number of carbonyl (C=O) groups is 2. The quantitative estimate of drug-likeness (QED) is 0.799. The summed E-state index contributed by atoms with van der Waals surface area (Å²) in [7, 11) is 0. The van der Waals surface area contributed by atoms with E-state index in [2.05, 4.69) is 4.98 Å². The number of hydrogen-bond donors (Lipinski definition) is 2. The minimum absolute atomic E-state index is 0.0594. The molecule has 2 aliphatic rings. The van der Waals surface area contributed by atoms with Crippen LogP contribution in [0.4, 0.5) is 0 Å². The van der Waals surface area contributed by atoms with Crippen LogP contribution in [0.25, 0.3) is 0 Å². The van der Waals surface area contributed by atoms with E-state index in [-0.39, 0.29) is 24.4 Å². The zero-order valence-corrected chi connectivity index (χ0v) is 12.6. The summed E-state index contributed by atoms with van der Waals surface area (Å²) in [5, 5.41) is 9.43. The number of aromatic nitrogens is 2. The molecule has 3 rings (SSSR count). The summed E-state index contributed by atoms with van der Waals surface area (Å²) >= 11 is 0. The van der Waals surface area contributed by atoms with Crippen LogP contribution in [0, 0.1) is 5.92 Å². The molecule has 1 aromatic rings. The normalized spacial score (nSPS) is 26.8. The number of amides is 1. The molecule has 124 valence electrons. The van der Waals surface area contributed by atoms with E-state index >= 15 is 0 Å². The summed E-state index contributed by atoms with van der Waals surface area (Å²) in [5.74, 6) is -1.16. The van der Waals surface area contributed by atoms with Gasteiger partial charge in [-0.2, -0.15) is 0 Å². The number of carboxylic acid groups (broad SMARTS) is 1. The lowest BCUT2D eigenvalue weighted by Crippen LogP contribution is -2.48. The average molecular weight is 321 g/mol. The molecule has 0 bridgehead atoms. The Hall–Kier alpha value is -2.38. The Morgan fingerprint density at radius 2 is 2.00 bits per heavy atom. The molecule has 0 radical (unpaired) electrons. The van der Waals surface area contributed by atoms with Crippen LogP contribution in [-0.2, 0) is 16.1 Å². The summed E-state index contributed by atoms with van der Waals surface area (Å²) in [5.41, 5.74) is -1.20. The van der Waals surface area contributed by atoms with Crippen LogP contribution in [0.1, 0.15) is 32.1 Å². The SMILES string of the molecule is O=C(O)[C@@H]1C[C@H]2CCCC[C@H]2N1C(=O)Cn1ccc(=O)[nH]c1=O. The summed E-state index contributed by atoms with van der Waals surface area (Å²) in [4.78, 5) is 50.5. The molecule has 1 saturated carbocycles. The minimum Gasteiger partial charge on any atom is -0.480 e. The number of likely N-dealkylation sites (tertiary alicyclic amines) is 1. The van der Waals surface area contributed by atoms with Gasteiger partial charge in [-0.15, -0.1) is 0 Å². The smallest absolute Gasteiger partial charge is 0.328 e. The molecule has 3 atom stereocenters. The molecule has 23 heavy (non-hydrogen) atoms. The number of nitrogens with zero attached hydrogens (tertiary/aromatic N) is 2. The lowest BCUT2D eigenvalue weighted by Gasteiger charge is -2.33. The van der Waals surface area contributed by atoms with Crippen molar-refractivity contribution in [1.29, 1.82) is 0 Å². The van der Waals surface area contributed by atoms with Crippen molar-refractivity contribution < 1.29 is 14.7 Å². The molecule has 2 N–H and O–H groups in total. The van der Waals surface area contributed by atoms with Crippen molar-refractivity contribution in [1.82, 2.24) is 14.5 Å². The first-order valence-corrected chi connectivity index (χ1v) is 7.81. The molecular formula is C15H19N3O5. The maximum Gasteiger partial charge on any atom is 0.328 e. The van der Waals surface area contributed by atoms with Gasteiger partial charge in [0.2, 0.25) is 5.91 Å². The first-order chi connectivity index (χ1) is 11.0. The number of carboxylic acids is 1. The third kappa shape index (κ3) is 2.93. The van der Waals surface area contributed by atoms with E-state index in [1.165, 1.54) is 11.1 Å². The topological polar surface area (TPSA) is 112 Å². The Labute approximate surface area is 131 Å². The molecule has 0 aromatic carbocycles. The fourth-order valence-electron chi connectivity index (χ4n) is 3.84. The number of aliphatic carboxylic acids is 1. The van der Waals surface area contributed by atoms with Gasteiger partial charge >= 0.3 is 11.7 Å². The molecule has 8 nitrogen and oxygen atoms in total. The van der Waals surface area contributed by atoms with E-state index in [0.717, 1.165) is 36.3 Å². The van der Waals surface area contributed by atoms with E-state index < -0.39 is 23.3 Å². The van der Waals surface area contributed by atoms with Crippen molar-refractivity contribution >= 4 is 11.9 Å².